The first-order valence-corrected chi connectivity index (χ1v) is 6.04. The van der Waals surface area contributed by atoms with Crippen molar-refractivity contribution in [2.24, 2.45) is 0 Å². The van der Waals surface area contributed by atoms with Gasteiger partial charge in [-0.1, -0.05) is 11.6 Å². The summed E-state index contributed by atoms with van der Waals surface area (Å²) in [5, 5.41) is 9.30. The second-order valence-corrected chi connectivity index (χ2v) is 4.44. The van der Waals surface area contributed by atoms with E-state index in [1.165, 1.54) is 6.42 Å². The molecule has 1 unspecified atom stereocenters. The van der Waals surface area contributed by atoms with Crippen molar-refractivity contribution >= 4 is 17.4 Å². The summed E-state index contributed by atoms with van der Waals surface area (Å²) in [4.78, 5) is 10.6. The van der Waals surface area contributed by atoms with Crippen molar-refractivity contribution in [2.45, 2.75) is 31.7 Å². The molecule has 2 heterocycles. The molecule has 16 heavy (non-hydrogen) atoms. The lowest BCUT2D eigenvalue weighted by Gasteiger charge is -2.25. The average molecular weight is 242 g/mol. The third-order valence-corrected chi connectivity index (χ3v) is 3.14. The zero-order chi connectivity index (χ0) is 11.4. The number of aliphatic hydroxyl groups is 1. The molecule has 0 aromatic carbocycles. The van der Waals surface area contributed by atoms with Crippen LogP contribution in [0.4, 0.5) is 5.82 Å². The van der Waals surface area contributed by atoms with Crippen LogP contribution in [0.2, 0.25) is 5.15 Å². The number of aromatic nitrogens is 2. The summed E-state index contributed by atoms with van der Waals surface area (Å²) in [7, 11) is 0. The van der Waals surface area contributed by atoms with Gasteiger partial charge < -0.3 is 10.0 Å². The Morgan fingerprint density at radius 1 is 1.50 bits per heavy atom. The molecule has 0 spiro atoms. The molecule has 0 radical (unpaired) electrons. The average Bonchev–Trinajstić information content (AvgIpc) is 2.74. The van der Waals surface area contributed by atoms with Gasteiger partial charge in [-0.15, -0.1) is 0 Å². The monoisotopic (exact) mass is 241 g/mol. The number of aliphatic hydroxyl groups excluding tert-OH is 1. The molecule has 5 heteroatoms. The molecule has 1 aromatic heterocycles. The summed E-state index contributed by atoms with van der Waals surface area (Å²) in [6.45, 7) is 1.26. The van der Waals surface area contributed by atoms with E-state index in [1.807, 2.05) is 0 Å². The Kier molecular flexibility index (Phi) is 3.96. The molecule has 2 rings (SSSR count). The van der Waals surface area contributed by atoms with Gasteiger partial charge in [0.1, 0.15) is 11.0 Å². The first kappa shape index (κ1) is 11.6. The second-order valence-electron chi connectivity index (χ2n) is 4.06. The van der Waals surface area contributed by atoms with Crippen molar-refractivity contribution in [2.75, 3.05) is 18.1 Å². The van der Waals surface area contributed by atoms with Gasteiger partial charge in [0.25, 0.3) is 0 Å². The maximum Gasteiger partial charge on any atom is 0.149 e. The molecule has 1 aromatic rings. The van der Waals surface area contributed by atoms with Crippen LogP contribution in [0.1, 0.15) is 25.7 Å². The highest BCUT2D eigenvalue weighted by Gasteiger charge is 2.25. The van der Waals surface area contributed by atoms with Gasteiger partial charge in [0.2, 0.25) is 0 Å². The Morgan fingerprint density at radius 3 is 3.12 bits per heavy atom. The van der Waals surface area contributed by atoms with Crippen molar-refractivity contribution in [1.29, 1.82) is 0 Å². The van der Waals surface area contributed by atoms with Gasteiger partial charge in [-0.3, -0.25) is 4.98 Å². The molecule has 1 saturated heterocycles. The van der Waals surface area contributed by atoms with Crippen molar-refractivity contribution in [3.8, 4) is 0 Å². The zero-order valence-electron chi connectivity index (χ0n) is 9.14. The van der Waals surface area contributed by atoms with E-state index < -0.39 is 0 Å². The fraction of sp³-hybridized carbons (Fsp3) is 0.636. The quantitative estimate of drug-likeness (QED) is 0.875. The summed E-state index contributed by atoms with van der Waals surface area (Å²) in [5.41, 5.74) is 0. The minimum Gasteiger partial charge on any atom is -0.396 e. The number of nitrogens with zero attached hydrogens (tertiary/aromatic N) is 3. The van der Waals surface area contributed by atoms with Gasteiger partial charge in [0, 0.05) is 19.2 Å². The molecule has 0 amide bonds. The zero-order valence-corrected chi connectivity index (χ0v) is 9.90. The summed E-state index contributed by atoms with van der Waals surface area (Å²) in [5.74, 6) is 0.855. The molecule has 0 aliphatic carbocycles. The van der Waals surface area contributed by atoms with Crippen LogP contribution in [0.15, 0.2) is 12.4 Å². The molecular formula is C11H16ClN3O. The third-order valence-electron chi connectivity index (χ3n) is 2.96. The predicted octanol–water partition coefficient (Wildman–Crippen LogP) is 1.87. The van der Waals surface area contributed by atoms with E-state index in [-0.39, 0.29) is 6.61 Å². The molecule has 88 valence electrons. The van der Waals surface area contributed by atoms with Gasteiger partial charge >= 0.3 is 0 Å². The number of anilines is 1. The highest BCUT2D eigenvalue weighted by atomic mass is 35.5. The van der Waals surface area contributed by atoms with Gasteiger partial charge in [-0.2, -0.15) is 0 Å². The summed E-state index contributed by atoms with van der Waals surface area (Å²) in [6, 6.07) is 0.472. The molecule has 1 aliphatic heterocycles. The van der Waals surface area contributed by atoms with E-state index in [9.17, 15) is 0 Å². The van der Waals surface area contributed by atoms with Crippen molar-refractivity contribution in [3.63, 3.8) is 0 Å². The Balaban J connectivity index is 2.07. The Bertz CT molecular complexity index is 348. The Morgan fingerprint density at radius 2 is 2.38 bits per heavy atom. The number of hydrogen-bond acceptors (Lipinski definition) is 4. The van der Waals surface area contributed by atoms with Crippen LogP contribution in [0.3, 0.4) is 0 Å². The predicted molar refractivity (Wildman–Crippen MR) is 63.7 cm³/mol. The molecule has 1 fully saturated rings. The lowest BCUT2D eigenvalue weighted by Crippen LogP contribution is -2.30. The lowest BCUT2D eigenvalue weighted by molar-refractivity contribution is 0.279. The first-order chi connectivity index (χ1) is 7.81. The molecule has 1 aliphatic rings. The molecule has 1 N–H and O–H groups in total. The normalized spacial score (nSPS) is 20.4. The summed E-state index contributed by atoms with van der Waals surface area (Å²) in [6.07, 6.45) is 7.48. The van der Waals surface area contributed by atoms with Crippen LogP contribution in [-0.2, 0) is 0 Å². The maximum atomic E-state index is 8.86. The standard InChI is InChI=1S/C11H16ClN3O/c12-10-7-13-8-11(14-10)15-5-1-3-9(15)4-2-6-16/h7-9,16H,1-6H2. The van der Waals surface area contributed by atoms with Gasteiger partial charge in [-0.05, 0) is 25.7 Å². The fourth-order valence-corrected chi connectivity index (χ4v) is 2.38. The largest absolute Gasteiger partial charge is 0.396 e. The number of hydrogen-bond donors (Lipinski definition) is 1. The van der Waals surface area contributed by atoms with Crippen molar-refractivity contribution in [3.05, 3.63) is 17.5 Å². The Hall–Kier alpha value is -0.870. The fourth-order valence-electron chi connectivity index (χ4n) is 2.24. The van der Waals surface area contributed by atoms with Crippen LogP contribution < -0.4 is 4.90 Å². The molecule has 0 saturated carbocycles. The van der Waals surface area contributed by atoms with E-state index in [4.69, 9.17) is 16.7 Å². The van der Waals surface area contributed by atoms with Gasteiger partial charge in [0.05, 0.1) is 12.4 Å². The minimum absolute atomic E-state index is 0.256. The maximum absolute atomic E-state index is 8.86. The van der Waals surface area contributed by atoms with E-state index in [1.54, 1.807) is 12.4 Å². The number of rotatable bonds is 4. The summed E-state index contributed by atoms with van der Waals surface area (Å²) >= 11 is 5.84. The van der Waals surface area contributed by atoms with Crippen molar-refractivity contribution in [1.82, 2.24) is 9.97 Å². The lowest BCUT2D eigenvalue weighted by atomic mass is 10.1. The van der Waals surface area contributed by atoms with E-state index in [0.717, 1.165) is 31.6 Å². The third kappa shape index (κ3) is 2.62. The minimum atomic E-state index is 0.256. The molecule has 1 atom stereocenters. The van der Waals surface area contributed by atoms with Gasteiger partial charge in [-0.25, -0.2) is 4.98 Å². The van der Waals surface area contributed by atoms with Crippen LogP contribution >= 0.6 is 11.6 Å². The van der Waals surface area contributed by atoms with Crippen molar-refractivity contribution < 1.29 is 5.11 Å². The first-order valence-electron chi connectivity index (χ1n) is 5.66. The number of halogens is 1. The molecular weight excluding hydrogens is 226 g/mol. The van der Waals surface area contributed by atoms with Crippen LogP contribution in [0.25, 0.3) is 0 Å². The second kappa shape index (κ2) is 5.46. The van der Waals surface area contributed by atoms with Crippen LogP contribution in [0, 0.1) is 0 Å². The van der Waals surface area contributed by atoms with Crippen LogP contribution in [0.5, 0.6) is 0 Å². The SMILES string of the molecule is OCCCC1CCCN1c1cncc(Cl)n1. The molecule has 4 nitrogen and oxygen atoms in total. The van der Waals surface area contributed by atoms with E-state index in [2.05, 4.69) is 14.9 Å². The van der Waals surface area contributed by atoms with E-state index >= 15 is 0 Å². The highest BCUT2D eigenvalue weighted by molar-refractivity contribution is 6.29. The smallest absolute Gasteiger partial charge is 0.149 e. The topological polar surface area (TPSA) is 49.2 Å². The highest BCUT2D eigenvalue weighted by Crippen LogP contribution is 2.26. The summed E-state index contributed by atoms with van der Waals surface area (Å²) < 4.78 is 0. The van der Waals surface area contributed by atoms with Gasteiger partial charge in [0.15, 0.2) is 0 Å². The Labute approximate surface area is 100 Å². The van der Waals surface area contributed by atoms with Crippen LogP contribution in [-0.4, -0.2) is 34.3 Å². The molecule has 0 bridgehead atoms. The van der Waals surface area contributed by atoms with E-state index in [0.29, 0.717) is 11.2 Å².